The van der Waals surface area contributed by atoms with E-state index in [2.05, 4.69) is 10.3 Å². The predicted molar refractivity (Wildman–Crippen MR) is 82.5 cm³/mol. The summed E-state index contributed by atoms with van der Waals surface area (Å²) >= 11 is 0. The molecule has 6 nitrogen and oxygen atoms in total. The van der Waals surface area contributed by atoms with Crippen LogP contribution >= 0.6 is 0 Å². The Bertz CT molecular complexity index is 833. The lowest BCUT2D eigenvalue weighted by atomic mass is 10.1. The van der Waals surface area contributed by atoms with Crippen molar-refractivity contribution >= 4 is 33.8 Å². The average molecular weight is 280 g/mol. The fourth-order valence-electron chi connectivity index (χ4n) is 2.12. The molecule has 1 aromatic heterocycles. The van der Waals surface area contributed by atoms with Gasteiger partial charge >= 0.3 is 0 Å². The van der Waals surface area contributed by atoms with Gasteiger partial charge in [0, 0.05) is 5.69 Å². The number of fused-ring (bicyclic) bond motifs is 1. The quantitative estimate of drug-likeness (QED) is 0.566. The summed E-state index contributed by atoms with van der Waals surface area (Å²) in [6, 6.07) is 16.3. The van der Waals surface area contributed by atoms with Crippen molar-refractivity contribution in [1.29, 1.82) is 0 Å². The molecule has 0 radical (unpaired) electrons. The van der Waals surface area contributed by atoms with E-state index in [-0.39, 0.29) is 11.5 Å². The lowest BCUT2D eigenvalue weighted by molar-refractivity contribution is -0.384. The molecule has 0 atom stereocenters. The Morgan fingerprint density at radius 2 is 1.81 bits per heavy atom. The van der Waals surface area contributed by atoms with Crippen LogP contribution in [-0.4, -0.2) is 9.91 Å². The van der Waals surface area contributed by atoms with Crippen LogP contribution in [0, 0.1) is 10.1 Å². The van der Waals surface area contributed by atoms with E-state index in [9.17, 15) is 10.1 Å². The molecule has 3 rings (SSSR count). The first kappa shape index (κ1) is 12.9. The molecule has 6 heteroatoms. The number of pyridine rings is 1. The Labute approximate surface area is 120 Å². The van der Waals surface area contributed by atoms with Crippen LogP contribution in [0.5, 0.6) is 0 Å². The fraction of sp³-hybridized carbons (Fsp3) is 0. The SMILES string of the molecule is Nc1cc([N+](=O)[O-])cc(Nc2ccc3ccccc3c2)n1. The van der Waals surface area contributed by atoms with Gasteiger partial charge in [0.25, 0.3) is 5.69 Å². The molecule has 0 spiro atoms. The maximum atomic E-state index is 10.8. The molecular weight excluding hydrogens is 268 g/mol. The van der Waals surface area contributed by atoms with Gasteiger partial charge in [0.05, 0.1) is 17.1 Å². The second kappa shape index (κ2) is 5.09. The highest BCUT2D eigenvalue weighted by Crippen LogP contribution is 2.24. The lowest BCUT2D eigenvalue weighted by Gasteiger charge is -2.07. The maximum Gasteiger partial charge on any atom is 0.276 e. The van der Waals surface area contributed by atoms with Crippen molar-refractivity contribution in [3.05, 3.63) is 64.7 Å². The summed E-state index contributed by atoms with van der Waals surface area (Å²) in [5.74, 6) is 0.449. The van der Waals surface area contributed by atoms with Crippen molar-refractivity contribution in [1.82, 2.24) is 4.98 Å². The number of rotatable bonds is 3. The van der Waals surface area contributed by atoms with Crippen molar-refractivity contribution in [2.75, 3.05) is 11.1 Å². The summed E-state index contributed by atoms with van der Waals surface area (Å²) in [5, 5.41) is 16.1. The summed E-state index contributed by atoms with van der Waals surface area (Å²) in [5.41, 5.74) is 6.29. The number of hydrogen-bond donors (Lipinski definition) is 2. The lowest BCUT2D eigenvalue weighted by Crippen LogP contribution is -1.99. The summed E-state index contributed by atoms with van der Waals surface area (Å²) in [6.07, 6.45) is 0. The number of aromatic nitrogens is 1. The van der Waals surface area contributed by atoms with Gasteiger partial charge in [-0.05, 0) is 22.9 Å². The summed E-state index contributed by atoms with van der Waals surface area (Å²) in [4.78, 5) is 14.4. The van der Waals surface area contributed by atoms with Crippen molar-refractivity contribution in [3.8, 4) is 0 Å². The maximum absolute atomic E-state index is 10.8. The van der Waals surface area contributed by atoms with Crippen LogP contribution in [0.1, 0.15) is 0 Å². The molecule has 0 saturated carbocycles. The number of nitrogen functional groups attached to an aromatic ring is 1. The number of nitrogens with two attached hydrogens (primary N) is 1. The molecule has 0 fully saturated rings. The largest absolute Gasteiger partial charge is 0.383 e. The topological polar surface area (TPSA) is 94.1 Å². The molecule has 0 bridgehead atoms. The zero-order chi connectivity index (χ0) is 14.8. The fourth-order valence-corrected chi connectivity index (χ4v) is 2.12. The normalized spacial score (nSPS) is 10.5. The molecule has 0 aliphatic rings. The first-order valence-electron chi connectivity index (χ1n) is 6.29. The summed E-state index contributed by atoms with van der Waals surface area (Å²) < 4.78 is 0. The van der Waals surface area contributed by atoms with Gasteiger partial charge in [0.15, 0.2) is 0 Å². The molecule has 3 aromatic rings. The van der Waals surface area contributed by atoms with Gasteiger partial charge in [-0.3, -0.25) is 10.1 Å². The predicted octanol–water partition coefficient (Wildman–Crippen LogP) is 3.47. The highest BCUT2D eigenvalue weighted by molar-refractivity contribution is 5.86. The van der Waals surface area contributed by atoms with Gasteiger partial charge in [-0.15, -0.1) is 0 Å². The van der Waals surface area contributed by atoms with Crippen molar-refractivity contribution in [2.24, 2.45) is 0 Å². The summed E-state index contributed by atoms with van der Waals surface area (Å²) in [7, 11) is 0. The Morgan fingerprint density at radius 3 is 2.57 bits per heavy atom. The van der Waals surface area contributed by atoms with E-state index in [0.29, 0.717) is 5.82 Å². The van der Waals surface area contributed by atoms with Crippen molar-refractivity contribution in [2.45, 2.75) is 0 Å². The molecule has 0 aliphatic heterocycles. The molecule has 0 aliphatic carbocycles. The third-order valence-corrected chi connectivity index (χ3v) is 3.06. The van der Waals surface area contributed by atoms with E-state index in [4.69, 9.17) is 5.73 Å². The molecule has 3 N–H and O–H groups in total. The van der Waals surface area contributed by atoms with E-state index in [1.54, 1.807) is 0 Å². The van der Waals surface area contributed by atoms with E-state index in [1.165, 1.54) is 12.1 Å². The Hall–Kier alpha value is -3.15. The Balaban J connectivity index is 1.96. The van der Waals surface area contributed by atoms with Crippen LogP contribution in [0.4, 0.5) is 23.0 Å². The van der Waals surface area contributed by atoms with E-state index in [1.807, 2.05) is 42.5 Å². The molecule has 0 saturated heterocycles. The average Bonchev–Trinajstić information content (AvgIpc) is 2.46. The van der Waals surface area contributed by atoms with Gasteiger partial charge in [0.1, 0.15) is 11.6 Å². The first-order chi connectivity index (χ1) is 10.1. The third-order valence-electron chi connectivity index (χ3n) is 3.06. The number of nitro groups is 1. The number of nitrogens with zero attached hydrogens (tertiary/aromatic N) is 2. The first-order valence-corrected chi connectivity index (χ1v) is 6.29. The second-order valence-electron chi connectivity index (χ2n) is 4.58. The van der Waals surface area contributed by atoms with Crippen LogP contribution in [0.2, 0.25) is 0 Å². The van der Waals surface area contributed by atoms with Crippen LogP contribution in [0.15, 0.2) is 54.6 Å². The van der Waals surface area contributed by atoms with Crippen molar-refractivity contribution < 1.29 is 4.92 Å². The Kier molecular flexibility index (Phi) is 3.12. The summed E-state index contributed by atoms with van der Waals surface area (Å²) in [6.45, 7) is 0. The minimum Gasteiger partial charge on any atom is -0.383 e. The minimum atomic E-state index is -0.496. The molecule has 21 heavy (non-hydrogen) atoms. The van der Waals surface area contributed by atoms with Crippen LogP contribution in [0.25, 0.3) is 10.8 Å². The Morgan fingerprint density at radius 1 is 1.05 bits per heavy atom. The monoisotopic (exact) mass is 280 g/mol. The van der Waals surface area contributed by atoms with E-state index in [0.717, 1.165) is 16.5 Å². The van der Waals surface area contributed by atoms with Crippen LogP contribution < -0.4 is 11.1 Å². The standard InChI is InChI=1S/C15H12N4O2/c16-14-8-13(19(20)21)9-15(18-14)17-12-6-5-10-3-1-2-4-11(10)7-12/h1-9H,(H3,16,17,18). The van der Waals surface area contributed by atoms with Crippen molar-refractivity contribution in [3.63, 3.8) is 0 Å². The zero-order valence-corrected chi connectivity index (χ0v) is 11.0. The van der Waals surface area contributed by atoms with Gasteiger partial charge in [0.2, 0.25) is 0 Å². The molecule has 0 unspecified atom stereocenters. The highest BCUT2D eigenvalue weighted by atomic mass is 16.6. The second-order valence-corrected chi connectivity index (χ2v) is 4.58. The van der Waals surface area contributed by atoms with E-state index >= 15 is 0 Å². The number of anilines is 3. The third kappa shape index (κ3) is 2.74. The molecule has 104 valence electrons. The van der Waals surface area contributed by atoms with Crippen LogP contribution in [0.3, 0.4) is 0 Å². The van der Waals surface area contributed by atoms with Gasteiger partial charge in [-0.25, -0.2) is 4.98 Å². The highest BCUT2D eigenvalue weighted by Gasteiger charge is 2.10. The van der Waals surface area contributed by atoms with Crippen LogP contribution in [-0.2, 0) is 0 Å². The smallest absolute Gasteiger partial charge is 0.276 e. The van der Waals surface area contributed by atoms with Gasteiger partial charge < -0.3 is 11.1 Å². The van der Waals surface area contributed by atoms with Gasteiger partial charge in [-0.2, -0.15) is 0 Å². The molecule has 2 aromatic carbocycles. The molecular formula is C15H12N4O2. The number of benzene rings is 2. The van der Waals surface area contributed by atoms with Gasteiger partial charge in [-0.1, -0.05) is 30.3 Å². The minimum absolute atomic E-state index is 0.0919. The molecule has 0 amide bonds. The zero-order valence-electron chi connectivity index (χ0n) is 11.0. The number of nitrogens with one attached hydrogen (secondary N) is 1. The molecule has 1 heterocycles. The van der Waals surface area contributed by atoms with E-state index < -0.39 is 4.92 Å². The number of hydrogen-bond acceptors (Lipinski definition) is 5.